The van der Waals surface area contributed by atoms with Gasteiger partial charge in [0.25, 0.3) is 10.0 Å². The molecule has 0 saturated carbocycles. The third-order valence-corrected chi connectivity index (χ3v) is 4.00. The van der Waals surface area contributed by atoms with E-state index in [2.05, 4.69) is 9.82 Å². The average molecular weight is 314 g/mol. The molecule has 1 heterocycles. The Kier molecular flexibility index (Phi) is 3.64. The highest BCUT2D eigenvalue weighted by Gasteiger charge is 2.24. The van der Waals surface area contributed by atoms with Gasteiger partial charge in [0.2, 0.25) is 5.82 Å². The molecule has 0 spiro atoms. The summed E-state index contributed by atoms with van der Waals surface area (Å²) < 4.78 is 41.4. The molecule has 1 aromatic heterocycles. The number of nitrogens with one attached hydrogen (secondary N) is 1. The van der Waals surface area contributed by atoms with Crippen LogP contribution in [0.2, 0.25) is 0 Å². The van der Waals surface area contributed by atoms with Crippen molar-refractivity contribution in [1.29, 1.82) is 0 Å². The number of benzene rings is 1. The van der Waals surface area contributed by atoms with E-state index >= 15 is 0 Å². The van der Waals surface area contributed by atoms with Crippen LogP contribution in [-0.4, -0.2) is 23.1 Å². The van der Waals surface area contributed by atoms with Crippen LogP contribution >= 0.6 is 0 Å². The third-order valence-electron chi connectivity index (χ3n) is 2.67. The first kappa shape index (κ1) is 14.9. The van der Waals surface area contributed by atoms with Crippen molar-refractivity contribution in [3.8, 4) is 0 Å². The SMILES string of the molecule is Cc1cc(S(=O)(=O)Nc2ccn(C)n2)cc([N+](=O)[O-])c1F. The minimum atomic E-state index is -4.09. The average Bonchev–Trinajstić information content (AvgIpc) is 2.76. The van der Waals surface area contributed by atoms with Crippen LogP contribution in [0.15, 0.2) is 29.3 Å². The molecule has 0 bridgehead atoms. The van der Waals surface area contributed by atoms with Gasteiger partial charge in [-0.3, -0.25) is 19.5 Å². The molecule has 8 nitrogen and oxygen atoms in total. The summed E-state index contributed by atoms with van der Waals surface area (Å²) in [4.78, 5) is 9.38. The van der Waals surface area contributed by atoms with Gasteiger partial charge >= 0.3 is 5.69 Å². The van der Waals surface area contributed by atoms with E-state index in [1.165, 1.54) is 23.9 Å². The summed E-state index contributed by atoms with van der Waals surface area (Å²) in [5.41, 5.74) is -1.03. The van der Waals surface area contributed by atoms with Crippen LogP contribution in [0, 0.1) is 22.9 Å². The van der Waals surface area contributed by atoms with E-state index in [4.69, 9.17) is 0 Å². The molecule has 1 N–H and O–H groups in total. The minimum Gasteiger partial charge on any atom is -0.274 e. The fraction of sp³-hybridized carbons (Fsp3) is 0.182. The highest BCUT2D eigenvalue weighted by Crippen LogP contribution is 2.26. The Hall–Kier alpha value is -2.49. The third kappa shape index (κ3) is 2.99. The molecule has 0 aliphatic rings. The molecule has 0 fully saturated rings. The summed E-state index contributed by atoms with van der Waals surface area (Å²) in [6, 6.07) is 3.11. The number of nitro groups is 1. The van der Waals surface area contributed by atoms with Crippen LogP contribution in [0.25, 0.3) is 0 Å². The lowest BCUT2D eigenvalue weighted by atomic mass is 10.2. The van der Waals surface area contributed by atoms with Crippen LogP contribution in [0.4, 0.5) is 15.9 Å². The smallest absolute Gasteiger partial charge is 0.274 e. The summed E-state index contributed by atoms with van der Waals surface area (Å²) in [5.74, 6) is -1.00. The van der Waals surface area contributed by atoms with Crippen molar-refractivity contribution in [3.05, 3.63) is 45.9 Å². The Labute approximate surface area is 119 Å². The molecule has 0 radical (unpaired) electrons. The van der Waals surface area contributed by atoms with Crippen LogP contribution in [0.3, 0.4) is 0 Å². The highest BCUT2D eigenvalue weighted by molar-refractivity contribution is 7.92. The lowest BCUT2D eigenvalue weighted by Crippen LogP contribution is -2.14. The van der Waals surface area contributed by atoms with Gasteiger partial charge in [0.1, 0.15) is 0 Å². The number of nitro benzene ring substituents is 1. The standard InChI is InChI=1S/C11H11FN4O4S/c1-7-5-8(6-9(11(7)12)16(17)18)21(19,20)14-10-3-4-15(2)13-10/h3-6H,1-2H3,(H,13,14). The van der Waals surface area contributed by atoms with E-state index in [0.29, 0.717) is 6.07 Å². The predicted octanol–water partition coefficient (Wildman–Crippen LogP) is 1.58. The van der Waals surface area contributed by atoms with E-state index in [9.17, 15) is 22.9 Å². The Morgan fingerprint density at radius 2 is 2.10 bits per heavy atom. The second-order valence-electron chi connectivity index (χ2n) is 4.31. The van der Waals surface area contributed by atoms with Crippen molar-refractivity contribution in [3.63, 3.8) is 0 Å². The molecule has 21 heavy (non-hydrogen) atoms. The number of hydrogen-bond donors (Lipinski definition) is 1. The minimum absolute atomic E-state index is 0.0575. The van der Waals surface area contributed by atoms with Gasteiger partial charge in [0.05, 0.1) is 9.82 Å². The van der Waals surface area contributed by atoms with Crippen LogP contribution in [0.1, 0.15) is 5.56 Å². The zero-order chi connectivity index (χ0) is 15.8. The zero-order valence-corrected chi connectivity index (χ0v) is 11.9. The molecule has 2 rings (SSSR count). The Morgan fingerprint density at radius 3 is 2.62 bits per heavy atom. The number of rotatable bonds is 4. The number of aromatic nitrogens is 2. The zero-order valence-electron chi connectivity index (χ0n) is 11.1. The molecule has 2 aromatic rings. The van der Waals surface area contributed by atoms with Crippen molar-refractivity contribution < 1.29 is 17.7 Å². The molecular weight excluding hydrogens is 303 g/mol. The second kappa shape index (κ2) is 5.13. The van der Waals surface area contributed by atoms with Gasteiger partial charge in [-0.25, -0.2) is 8.42 Å². The quantitative estimate of drug-likeness (QED) is 0.681. The largest absolute Gasteiger partial charge is 0.306 e. The first-order valence-electron chi connectivity index (χ1n) is 5.68. The Balaban J connectivity index is 2.47. The Bertz CT molecular complexity index is 816. The van der Waals surface area contributed by atoms with Gasteiger partial charge in [0, 0.05) is 25.4 Å². The lowest BCUT2D eigenvalue weighted by molar-refractivity contribution is -0.387. The molecule has 0 aliphatic carbocycles. The monoisotopic (exact) mass is 314 g/mol. The number of anilines is 1. The number of nitrogens with zero attached hydrogens (tertiary/aromatic N) is 3. The molecule has 10 heteroatoms. The van der Waals surface area contributed by atoms with Crippen molar-refractivity contribution in [1.82, 2.24) is 9.78 Å². The normalized spacial score (nSPS) is 11.4. The van der Waals surface area contributed by atoms with Gasteiger partial charge in [-0.05, 0) is 18.6 Å². The molecule has 1 aromatic carbocycles. The predicted molar refractivity (Wildman–Crippen MR) is 71.8 cm³/mol. The van der Waals surface area contributed by atoms with E-state index in [1.54, 1.807) is 7.05 Å². The molecule has 0 atom stereocenters. The highest BCUT2D eigenvalue weighted by atomic mass is 32.2. The topological polar surface area (TPSA) is 107 Å². The maximum absolute atomic E-state index is 13.6. The fourth-order valence-corrected chi connectivity index (χ4v) is 2.77. The summed E-state index contributed by atoms with van der Waals surface area (Å²) >= 11 is 0. The van der Waals surface area contributed by atoms with Gasteiger partial charge in [-0.1, -0.05) is 0 Å². The van der Waals surface area contributed by atoms with E-state index < -0.39 is 31.3 Å². The molecule has 112 valence electrons. The van der Waals surface area contributed by atoms with Crippen molar-refractivity contribution in [2.75, 3.05) is 4.72 Å². The van der Waals surface area contributed by atoms with Crippen molar-refractivity contribution in [2.45, 2.75) is 11.8 Å². The van der Waals surface area contributed by atoms with Gasteiger partial charge in [-0.2, -0.15) is 9.49 Å². The van der Waals surface area contributed by atoms with Gasteiger partial charge in [0.15, 0.2) is 5.82 Å². The van der Waals surface area contributed by atoms with Crippen molar-refractivity contribution >= 4 is 21.5 Å². The van der Waals surface area contributed by atoms with Gasteiger partial charge in [-0.15, -0.1) is 0 Å². The van der Waals surface area contributed by atoms with E-state index in [0.717, 1.165) is 6.07 Å². The van der Waals surface area contributed by atoms with Crippen LogP contribution in [-0.2, 0) is 17.1 Å². The molecular formula is C11H11FN4O4S. The fourth-order valence-electron chi connectivity index (χ4n) is 1.67. The van der Waals surface area contributed by atoms with Crippen LogP contribution in [0.5, 0.6) is 0 Å². The number of aryl methyl sites for hydroxylation is 2. The second-order valence-corrected chi connectivity index (χ2v) is 5.99. The number of halogens is 1. The number of hydrogen-bond acceptors (Lipinski definition) is 5. The summed E-state index contributed by atoms with van der Waals surface area (Å²) in [6.07, 6.45) is 1.52. The maximum atomic E-state index is 13.6. The summed E-state index contributed by atoms with van der Waals surface area (Å²) in [6.45, 7) is 1.25. The lowest BCUT2D eigenvalue weighted by Gasteiger charge is -2.07. The summed E-state index contributed by atoms with van der Waals surface area (Å²) in [7, 11) is -2.49. The van der Waals surface area contributed by atoms with Crippen molar-refractivity contribution in [2.24, 2.45) is 7.05 Å². The molecule has 0 unspecified atom stereocenters. The maximum Gasteiger partial charge on any atom is 0.306 e. The Morgan fingerprint density at radius 1 is 1.43 bits per heavy atom. The number of sulfonamides is 1. The molecule has 0 saturated heterocycles. The first-order chi connectivity index (χ1) is 9.70. The first-order valence-corrected chi connectivity index (χ1v) is 7.16. The molecule has 0 aliphatic heterocycles. The van der Waals surface area contributed by atoms with Crippen LogP contribution < -0.4 is 4.72 Å². The van der Waals surface area contributed by atoms with Gasteiger partial charge < -0.3 is 0 Å². The molecule has 0 amide bonds. The summed E-state index contributed by atoms with van der Waals surface area (Å²) in [5, 5.41) is 14.6. The van der Waals surface area contributed by atoms with E-state index in [1.807, 2.05) is 0 Å². The van der Waals surface area contributed by atoms with E-state index in [-0.39, 0.29) is 11.4 Å².